The number of esters is 1. The van der Waals surface area contributed by atoms with Crippen LogP contribution in [0.1, 0.15) is 59.6 Å². The monoisotopic (exact) mass is 464 g/mol. The first-order valence-electron chi connectivity index (χ1n) is 11.1. The SMILES string of the molecule is CCCn1c(C)cc(C=C(C#N)C(=O)OCC(=O)Nc2sc3c(c2C#N)CCC(C)C3)c1C. The minimum atomic E-state index is -0.854. The van der Waals surface area contributed by atoms with E-state index in [0.29, 0.717) is 16.5 Å². The van der Waals surface area contributed by atoms with Crippen LogP contribution in [-0.2, 0) is 33.7 Å². The van der Waals surface area contributed by atoms with Crippen LogP contribution < -0.4 is 5.32 Å². The van der Waals surface area contributed by atoms with Gasteiger partial charge in [-0.15, -0.1) is 11.3 Å². The molecule has 8 heteroatoms. The first-order chi connectivity index (χ1) is 15.8. The van der Waals surface area contributed by atoms with Gasteiger partial charge in [-0.3, -0.25) is 4.79 Å². The molecular formula is C25H28N4O3S. The molecule has 2 aromatic heterocycles. The van der Waals surface area contributed by atoms with Crippen LogP contribution >= 0.6 is 11.3 Å². The molecule has 2 aromatic rings. The van der Waals surface area contributed by atoms with Crippen molar-refractivity contribution in [3.8, 4) is 12.1 Å². The summed E-state index contributed by atoms with van der Waals surface area (Å²) in [6.45, 7) is 8.51. The fraction of sp³-hybridized carbons (Fsp3) is 0.440. The number of carbonyl (C=O) groups is 2. The lowest BCUT2D eigenvalue weighted by molar-refractivity contribution is -0.142. The van der Waals surface area contributed by atoms with Gasteiger partial charge in [0.15, 0.2) is 6.61 Å². The van der Waals surface area contributed by atoms with Gasteiger partial charge in [0.25, 0.3) is 5.91 Å². The third kappa shape index (κ3) is 5.35. The molecule has 0 fully saturated rings. The van der Waals surface area contributed by atoms with E-state index >= 15 is 0 Å². The van der Waals surface area contributed by atoms with Gasteiger partial charge in [0, 0.05) is 22.8 Å². The van der Waals surface area contributed by atoms with Crippen LogP contribution in [0.5, 0.6) is 0 Å². The van der Waals surface area contributed by atoms with Gasteiger partial charge < -0.3 is 14.6 Å². The van der Waals surface area contributed by atoms with Crippen molar-refractivity contribution in [3.05, 3.63) is 44.6 Å². The summed E-state index contributed by atoms with van der Waals surface area (Å²) in [5.41, 5.74) is 4.14. The molecule has 0 aliphatic heterocycles. The second-order valence-corrected chi connectivity index (χ2v) is 9.55. The van der Waals surface area contributed by atoms with Crippen molar-refractivity contribution in [3.63, 3.8) is 0 Å². The maximum atomic E-state index is 12.4. The highest BCUT2D eigenvalue weighted by Gasteiger charge is 2.25. The molecule has 1 amide bonds. The zero-order valence-corrected chi connectivity index (χ0v) is 20.3. The number of rotatable bonds is 7. The Kier molecular flexibility index (Phi) is 7.73. The normalized spacial score (nSPS) is 15.3. The summed E-state index contributed by atoms with van der Waals surface area (Å²) in [6, 6.07) is 5.99. The quantitative estimate of drug-likeness (QED) is 0.364. The van der Waals surface area contributed by atoms with Crippen molar-refractivity contribution in [2.24, 2.45) is 5.92 Å². The fourth-order valence-corrected chi connectivity index (χ4v) is 5.54. The predicted octanol–water partition coefficient (Wildman–Crippen LogP) is 4.66. The molecule has 2 heterocycles. The Balaban J connectivity index is 1.66. The lowest BCUT2D eigenvalue weighted by Crippen LogP contribution is -2.21. The lowest BCUT2D eigenvalue weighted by Gasteiger charge is -2.17. The Bertz CT molecular complexity index is 1190. The molecule has 0 radical (unpaired) electrons. The van der Waals surface area contributed by atoms with Gasteiger partial charge in [0.2, 0.25) is 0 Å². The van der Waals surface area contributed by atoms with Crippen LogP contribution in [0.15, 0.2) is 11.6 Å². The molecule has 3 rings (SSSR count). The Labute approximate surface area is 198 Å². The highest BCUT2D eigenvalue weighted by Crippen LogP contribution is 2.39. The first-order valence-corrected chi connectivity index (χ1v) is 11.9. The number of amides is 1. The van der Waals surface area contributed by atoms with Gasteiger partial charge >= 0.3 is 5.97 Å². The number of fused-ring (bicyclic) bond motifs is 1. The summed E-state index contributed by atoms with van der Waals surface area (Å²) in [7, 11) is 0. The molecule has 0 saturated carbocycles. The molecule has 0 aromatic carbocycles. The van der Waals surface area contributed by atoms with E-state index in [1.54, 1.807) is 0 Å². The zero-order valence-electron chi connectivity index (χ0n) is 19.4. The molecule has 0 saturated heterocycles. The van der Waals surface area contributed by atoms with Crippen molar-refractivity contribution in [1.82, 2.24) is 4.57 Å². The first kappa shape index (κ1) is 24.3. The molecule has 172 valence electrons. The molecule has 33 heavy (non-hydrogen) atoms. The molecule has 0 bridgehead atoms. The smallest absolute Gasteiger partial charge is 0.349 e. The summed E-state index contributed by atoms with van der Waals surface area (Å²) < 4.78 is 7.22. The standard InChI is InChI=1S/C25H28N4O3S/c1-5-8-29-16(3)10-18(17(29)4)11-19(12-26)25(31)32-14-23(30)28-24-21(13-27)20-7-6-15(2)9-22(20)33-24/h10-11,15H,5-9,14H2,1-4H3,(H,28,30). The van der Waals surface area contributed by atoms with Crippen molar-refractivity contribution in [2.75, 3.05) is 11.9 Å². The van der Waals surface area contributed by atoms with Crippen molar-refractivity contribution in [2.45, 2.75) is 59.9 Å². The second kappa shape index (κ2) is 10.5. The third-order valence-corrected chi connectivity index (χ3v) is 7.08. The minimum absolute atomic E-state index is 0.169. The number of hydrogen-bond donors (Lipinski definition) is 1. The highest BCUT2D eigenvalue weighted by atomic mass is 32.1. The molecule has 1 aliphatic rings. The van der Waals surface area contributed by atoms with Crippen molar-refractivity contribution < 1.29 is 14.3 Å². The van der Waals surface area contributed by atoms with Gasteiger partial charge in [-0.05, 0) is 68.7 Å². The average Bonchev–Trinajstić information content (AvgIpc) is 3.26. The summed E-state index contributed by atoms with van der Waals surface area (Å²) in [5, 5.41) is 22.2. The fourth-order valence-electron chi connectivity index (χ4n) is 4.16. The molecule has 7 nitrogen and oxygen atoms in total. The van der Waals surface area contributed by atoms with Gasteiger partial charge in [-0.1, -0.05) is 13.8 Å². The van der Waals surface area contributed by atoms with E-state index in [0.717, 1.165) is 59.6 Å². The molecule has 1 atom stereocenters. The summed E-state index contributed by atoms with van der Waals surface area (Å²) in [5.74, 6) is -0.840. The number of aryl methyl sites for hydroxylation is 1. The number of hydrogen-bond acceptors (Lipinski definition) is 6. The summed E-state index contributed by atoms with van der Waals surface area (Å²) in [6.07, 6.45) is 5.22. The van der Waals surface area contributed by atoms with E-state index in [1.165, 1.54) is 17.4 Å². The largest absolute Gasteiger partial charge is 0.451 e. The van der Waals surface area contributed by atoms with E-state index in [4.69, 9.17) is 4.74 Å². The summed E-state index contributed by atoms with van der Waals surface area (Å²) in [4.78, 5) is 26.0. The van der Waals surface area contributed by atoms with Crippen LogP contribution in [0.3, 0.4) is 0 Å². The number of anilines is 1. The third-order valence-electron chi connectivity index (χ3n) is 5.91. The number of ether oxygens (including phenoxy) is 1. The van der Waals surface area contributed by atoms with Crippen LogP contribution in [-0.4, -0.2) is 23.1 Å². The van der Waals surface area contributed by atoms with Gasteiger partial charge in [-0.25, -0.2) is 4.79 Å². The molecule has 1 aliphatic carbocycles. The highest BCUT2D eigenvalue weighted by molar-refractivity contribution is 7.16. The van der Waals surface area contributed by atoms with E-state index in [9.17, 15) is 20.1 Å². The molecule has 0 spiro atoms. The lowest BCUT2D eigenvalue weighted by atomic mass is 9.89. The topological polar surface area (TPSA) is 108 Å². The van der Waals surface area contributed by atoms with Crippen LogP contribution in [0.25, 0.3) is 6.08 Å². The van der Waals surface area contributed by atoms with Gasteiger partial charge in [-0.2, -0.15) is 10.5 Å². The van der Waals surface area contributed by atoms with Crippen molar-refractivity contribution in [1.29, 1.82) is 10.5 Å². The maximum Gasteiger partial charge on any atom is 0.349 e. The number of thiophene rings is 1. The molecule has 1 unspecified atom stereocenters. The second-order valence-electron chi connectivity index (χ2n) is 8.44. The molecular weight excluding hydrogens is 436 g/mol. The van der Waals surface area contributed by atoms with E-state index < -0.39 is 18.5 Å². The number of aromatic nitrogens is 1. The van der Waals surface area contributed by atoms with Crippen LogP contribution in [0, 0.1) is 42.4 Å². The Hall–Kier alpha value is -3.36. The number of nitrogens with zero attached hydrogens (tertiary/aromatic N) is 3. The number of nitrogens with one attached hydrogen (secondary N) is 1. The average molecular weight is 465 g/mol. The van der Waals surface area contributed by atoms with Crippen LogP contribution in [0.2, 0.25) is 0 Å². The van der Waals surface area contributed by atoms with E-state index in [-0.39, 0.29) is 5.57 Å². The predicted molar refractivity (Wildman–Crippen MR) is 128 cm³/mol. The van der Waals surface area contributed by atoms with Gasteiger partial charge in [0.1, 0.15) is 22.7 Å². The number of nitriles is 2. The van der Waals surface area contributed by atoms with Gasteiger partial charge in [0.05, 0.1) is 5.56 Å². The van der Waals surface area contributed by atoms with Crippen LogP contribution in [0.4, 0.5) is 5.00 Å². The molecule has 1 N–H and O–H groups in total. The number of carbonyl (C=O) groups excluding carboxylic acids is 2. The summed E-state index contributed by atoms with van der Waals surface area (Å²) >= 11 is 1.41. The van der Waals surface area contributed by atoms with E-state index in [1.807, 2.05) is 26.0 Å². The zero-order chi connectivity index (χ0) is 24.1. The van der Waals surface area contributed by atoms with E-state index in [2.05, 4.69) is 29.8 Å². The minimum Gasteiger partial charge on any atom is -0.451 e. The Morgan fingerprint density at radius 2 is 2.12 bits per heavy atom. The Morgan fingerprint density at radius 1 is 1.36 bits per heavy atom. The Morgan fingerprint density at radius 3 is 2.79 bits per heavy atom. The van der Waals surface area contributed by atoms with Crippen molar-refractivity contribution >= 4 is 34.3 Å². The maximum absolute atomic E-state index is 12.4.